The predicted octanol–water partition coefficient (Wildman–Crippen LogP) is 5.26. The lowest BCUT2D eigenvalue weighted by Crippen LogP contribution is -2.35. The van der Waals surface area contributed by atoms with Crippen LogP contribution in [0.4, 0.5) is 22.9 Å². The van der Waals surface area contributed by atoms with E-state index in [1.54, 1.807) is 18.5 Å². The van der Waals surface area contributed by atoms with Crippen LogP contribution in [0.1, 0.15) is 45.6 Å². The lowest BCUT2D eigenvalue weighted by molar-refractivity contribution is -0.120. The molecule has 3 aliphatic rings. The van der Waals surface area contributed by atoms with Crippen LogP contribution in [0.3, 0.4) is 0 Å². The van der Waals surface area contributed by atoms with E-state index in [1.165, 1.54) is 23.4 Å². The fourth-order valence-electron chi connectivity index (χ4n) is 5.96. The summed E-state index contributed by atoms with van der Waals surface area (Å²) in [4.78, 5) is 34.3. The second kappa shape index (κ2) is 9.41. The lowest BCUT2D eigenvalue weighted by atomic mass is 9.79. The third-order valence-corrected chi connectivity index (χ3v) is 7.80. The Morgan fingerprint density at radius 1 is 0.974 bits per heavy atom. The molecule has 2 N–H and O–H groups in total. The van der Waals surface area contributed by atoms with Crippen LogP contribution in [0.5, 0.6) is 0 Å². The second-order valence-electron chi connectivity index (χ2n) is 10.3. The predicted molar refractivity (Wildman–Crippen MR) is 149 cm³/mol. The summed E-state index contributed by atoms with van der Waals surface area (Å²) in [6.07, 6.45) is 5.35. The van der Waals surface area contributed by atoms with Gasteiger partial charge in [-0.15, -0.1) is 0 Å². The SMILES string of the molecule is CC1CN(C)c2ccccc21.O=Cc1cc(Nc2ccc3c(c2)CC2(C3)C(=O)Nc3ncccc32)ccn1. The zero-order valence-corrected chi connectivity index (χ0v) is 21.4. The van der Waals surface area contributed by atoms with E-state index < -0.39 is 5.41 Å². The van der Waals surface area contributed by atoms with Crippen LogP contribution < -0.4 is 15.5 Å². The molecule has 0 saturated carbocycles. The maximum Gasteiger partial charge on any atom is 0.237 e. The third kappa shape index (κ3) is 4.10. The van der Waals surface area contributed by atoms with Gasteiger partial charge in [-0.05, 0) is 65.9 Å². The van der Waals surface area contributed by atoms with Gasteiger partial charge in [0.05, 0.1) is 5.41 Å². The van der Waals surface area contributed by atoms with Gasteiger partial charge < -0.3 is 15.5 Å². The fourth-order valence-corrected chi connectivity index (χ4v) is 5.96. The number of nitrogens with one attached hydrogen (secondary N) is 2. The molecule has 1 amide bonds. The lowest BCUT2D eigenvalue weighted by Gasteiger charge is -2.20. The van der Waals surface area contributed by atoms with E-state index in [4.69, 9.17) is 0 Å². The largest absolute Gasteiger partial charge is 0.374 e. The Morgan fingerprint density at radius 2 is 1.79 bits per heavy atom. The van der Waals surface area contributed by atoms with Gasteiger partial charge >= 0.3 is 0 Å². The highest BCUT2D eigenvalue weighted by Crippen LogP contribution is 2.47. The average molecular weight is 504 g/mol. The molecule has 2 aliphatic heterocycles. The molecule has 0 bridgehead atoms. The highest BCUT2D eigenvalue weighted by Gasteiger charge is 2.51. The first-order valence-corrected chi connectivity index (χ1v) is 12.8. The van der Waals surface area contributed by atoms with E-state index in [0.29, 0.717) is 30.3 Å². The highest BCUT2D eigenvalue weighted by molar-refractivity contribution is 6.06. The molecule has 0 saturated heterocycles. The number of anilines is 4. The molecule has 2 atom stereocenters. The number of amides is 1. The summed E-state index contributed by atoms with van der Waals surface area (Å²) in [5.41, 5.74) is 7.73. The first kappa shape index (κ1) is 23.9. The summed E-state index contributed by atoms with van der Waals surface area (Å²) in [6.45, 7) is 3.45. The third-order valence-electron chi connectivity index (χ3n) is 7.80. The summed E-state index contributed by atoms with van der Waals surface area (Å²) in [7, 11) is 2.16. The van der Waals surface area contributed by atoms with Gasteiger partial charge in [-0.1, -0.05) is 37.3 Å². The number of carbonyl (C=O) groups excluding carboxylic acids is 2. The van der Waals surface area contributed by atoms with Gasteiger partial charge in [-0.3, -0.25) is 14.6 Å². The number of likely N-dealkylation sites (N-methyl/N-ethyl adjacent to an activating group) is 1. The number of rotatable bonds is 3. The number of hydrogen-bond donors (Lipinski definition) is 2. The van der Waals surface area contributed by atoms with Crippen LogP contribution in [-0.4, -0.2) is 35.8 Å². The van der Waals surface area contributed by atoms with Crippen molar-refractivity contribution < 1.29 is 9.59 Å². The zero-order valence-electron chi connectivity index (χ0n) is 21.4. The molecule has 2 aromatic carbocycles. The Bertz CT molecular complexity index is 1520. The van der Waals surface area contributed by atoms with E-state index >= 15 is 0 Å². The van der Waals surface area contributed by atoms with E-state index in [9.17, 15) is 9.59 Å². The van der Waals surface area contributed by atoms with Crippen LogP contribution in [0.2, 0.25) is 0 Å². The molecule has 2 unspecified atom stereocenters. The molecule has 1 aliphatic carbocycles. The van der Waals surface area contributed by atoms with E-state index in [-0.39, 0.29) is 5.91 Å². The Kier molecular flexibility index (Phi) is 5.91. The molecule has 4 aromatic rings. The number of aldehydes is 1. The van der Waals surface area contributed by atoms with Crippen molar-refractivity contribution in [2.45, 2.75) is 31.1 Å². The van der Waals surface area contributed by atoms with E-state index in [2.05, 4.69) is 75.9 Å². The normalized spacial score (nSPS) is 20.2. The van der Waals surface area contributed by atoms with Crippen molar-refractivity contribution in [2.75, 3.05) is 29.1 Å². The van der Waals surface area contributed by atoms with Crippen LogP contribution in [0.25, 0.3) is 0 Å². The van der Waals surface area contributed by atoms with Gasteiger partial charge in [-0.25, -0.2) is 4.98 Å². The van der Waals surface area contributed by atoms with E-state index in [1.807, 2.05) is 24.3 Å². The smallest absolute Gasteiger partial charge is 0.237 e. The molecular formula is C31H29N5O2. The van der Waals surface area contributed by atoms with Crippen LogP contribution >= 0.6 is 0 Å². The summed E-state index contributed by atoms with van der Waals surface area (Å²) in [5, 5.41) is 6.23. The molecule has 190 valence electrons. The van der Waals surface area contributed by atoms with Crippen molar-refractivity contribution in [2.24, 2.45) is 0 Å². The van der Waals surface area contributed by atoms with Crippen molar-refractivity contribution in [1.82, 2.24) is 9.97 Å². The number of hydrogen-bond acceptors (Lipinski definition) is 6. The van der Waals surface area contributed by atoms with Crippen LogP contribution in [0.15, 0.2) is 79.1 Å². The monoisotopic (exact) mass is 503 g/mol. The molecule has 2 aromatic heterocycles. The summed E-state index contributed by atoms with van der Waals surface area (Å²) in [5.74, 6) is 1.40. The maximum atomic E-state index is 12.8. The maximum absolute atomic E-state index is 12.8. The first-order chi connectivity index (χ1) is 18.5. The Morgan fingerprint density at radius 3 is 2.63 bits per heavy atom. The molecule has 4 heterocycles. The number of benzene rings is 2. The highest BCUT2D eigenvalue weighted by atomic mass is 16.2. The van der Waals surface area contributed by atoms with Gasteiger partial charge in [0.1, 0.15) is 11.5 Å². The van der Waals surface area contributed by atoms with Crippen molar-refractivity contribution in [3.8, 4) is 0 Å². The molecule has 7 nitrogen and oxygen atoms in total. The van der Waals surface area contributed by atoms with Gasteiger partial charge in [0.2, 0.25) is 5.91 Å². The number of fused-ring (bicyclic) bond motifs is 4. The van der Waals surface area contributed by atoms with Crippen LogP contribution in [0, 0.1) is 0 Å². The second-order valence-corrected chi connectivity index (χ2v) is 10.3. The minimum Gasteiger partial charge on any atom is -0.374 e. The molecule has 7 heteroatoms. The minimum absolute atomic E-state index is 0.0201. The van der Waals surface area contributed by atoms with Gasteiger partial charge in [0.15, 0.2) is 6.29 Å². The van der Waals surface area contributed by atoms with Crippen molar-refractivity contribution in [3.63, 3.8) is 0 Å². The first-order valence-electron chi connectivity index (χ1n) is 12.8. The number of pyridine rings is 2. The molecule has 7 rings (SSSR count). The topological polar surface area (TPSA) is 87.2 Å². The standard InChI is InChI=1S/C21H16N4O2.C10H13N/c26-12-17-9-16(5-7-22-17)24-15-4-3-13-10-21(11-14(13)8-15)18-2-1-6-23-19(18)25-20(21)27;1-8-7-11(2)10-6-4-3-5-9(8)10/h1-9,12H,10-11H2,(H,22,24)(H,23,25,27);3-6,8H,7H2,1-2H3. The fraction of sp³-hybridized carbons (Fsp3) is 0.226. The average Bonchev–Trinajstić information content (AvgIpc) is 3.56. The zero-order chi connectivity index (χ0) is 26.3. The number of nitrogens with zero attached hydrogens (tertiary/aromatic N) is 3. The molecular weight excluding hydrogens is 474 g/mol. The summed E-state index contributed by atoms with van der Waals surface area (Å²) < 4.78 is 0. The van der Waals surface area contributed by atoms with Gasteiger partial charge in [-0.2, -0.15) is 0 Å². The Hall–Kier alpha value is -4.52. The summed E-state index contributed by atoms with van der Waals surface area (Å²) >= 11 is 0. The van der Waals surface area contributed by atoms with E-state index in [0.717, 1.165) is 28.8 Å². The Labute approximate surface area is 221 Å². The molecule has 0 fully saturated rings. The summed E-state index contributed by atoms with van der Waals surface area (Å²) in [6, 6.07) is 22.2. The Balaban J connectivity index is 0.000000200. The minimum atomic E-state index is -0.564. The van der Waals surface area contributed by atoms with Crippen molar-refractivity contribution >= 4 is 35.1 Å². The van der Waals surface area contributed by atoms with Gasteiger partial charge in [0, 0.05) is 54.5 Å². The molecule has 1 spiro atoms. The van der Waals surface area contributed by atoms with Crippen LogP contribution in [-0.2, 0) is 23.1 Å². The molecule has 38 heavy (non-hydrogen) atoms. The number of carbonyl (C=O) groups is 2. The van der Waals surface area contributed by atoms with Crippen molar-refractivity contribution in [3.05, 3.63) is 107 Å². The quantitative estimate of drug-likeness (QED) is 0.371. The number of para-hydroxylation sites is 1. The van der Waals surface area contributed by atoms with Crippen molar-refractivity contribution in [1.29, 1.82) is 0 Å². The number of aromatic nitrogens is 2. The molecule has 0 radical (unpaired) electrons. The van der Waals surface area contributed by atoms with Gasteiger partial charge in [0.25, 0.3) is 0 Å².